The second kappa shape index (κ2) is 4.37. The zero-order valence-corrected chi connectivity index (χ0v) is 10.8. The van der Waals surface area contributed by atoms with Gasteiger partial charge in [-0.1, -0.05) is 26.7 Å². The maximum atomic E-state index is 9.70. The Morgan fingerprint density at radius 1 is 0.938 bits per heavy atom. The number of likely N-dealkylation sites (tertiary alicyclic amines) is 1. The molecule has 2 nitrogen and oxygen atoms in total. The van der Waals surface area contributed by atoms with Gasteiger partial charge in [-0.3, -0.25) is 4.90 Å². The van der Waals surface area contributed by atoms with Crippen molar-refractivity contribution >= 4 is 0 Å². The molecule has 0 aromatic rings. The van der Waals surface area contributed by atoms with E-state index in [-0.39, 0.29) is 11.0 Å². The summed E-state index contributed by atoms with van der Waals surface area (Å²) in [7, 11) is 0. The van der Waals surface area contributed by atoms with E-state index in [1.165, 1.54) is 38.5 Å². The summed E-state index contributed by atoms with van der Waals surface area (Å²) in [6.07, 6.45) is 8.75. The fraction of sp³-hybridized carbons (Fsp3) is 0.929. The third-order valence-corrected chi connectivity index (χ3v) is 4.79. The fourth-order valence-corrected chi connectivity index (χ4v) is 3.65. The van der Waals surface area contributed by atoms with Crippen LogP contribution in [-0.2, 0) is 0 Å². The Hall–Kier alpha value is -0.550. The largest absolute Gasteiger partial charge is 0.285 e. The molecule has 0 radical (unpaired) electrons. The molecule has 1 atom stereocenters. The van der Waals surface area contributed by atoms with Gasteiger partial charge in [-0.25, -0.2) is 0 Å². The summed E-state index contributed by atoms with van der Waals surface area (Å²) in [6, 6.07) is 2.69. The highest BCUT2D eigenvalue weighted by molar-refractivity contribution is 5.19. The van der Waals surface area contributed by atoms with Crippen molar-refractivity contribution in [2.75, 3.05) is 13.1 Å². The van der Waals surface area contributed by atoms with Crippen LogP contribution in [0.2, 0.25) is 0 Å². The Kier molecular flexibility index (Phi) is 3.26. The number of rotatable bonds is 1. The molecule has 1 saturated carbocycles. The smallest absolute Gasteiger partial charge is 0.114 e. The molecule has 0 aromatic heterocycles. The molecule has 1 aliphatic heterocycles. The summed E-state index contributed by atoms with van der Waals surface area (Å²) >= 11 is 0. The van der Waals surface area contributed by atoms with Crippen molar-refractivity contribution in [1.82, 2.24) is 4.90 Å². The Bertz CT molecular complexity index is 282. The monoisotopic (exact) mass is 220 g/mol. The van der Waals surface area contributed by atoms with Gasteiger partial charge in [-0.15, -0.1) is 0 Å². The van der Waals surface area contributed by atoms with Crippen molar-refractivity contribution in [2.45, 2.75) is 64.3 Å². The Labute approximate surface area is 99.6 Å². The van der Waals surface area contributed by atoms with E-state index in [0.717, 1.165) is 19.5 Å². The van der Waals surface area contributed by atoms with Crippen molar-refractivity contribution in [3.8, 4) is 6.07 Å². The first-order valence-corrected chi connectivity index (χ1v) is 6.79. The second-order valence-electron chi connectivity index (χ2n) is 6.11. The van der Waals surface area contributed by atoms with Crippen molar-refractivity contribution in [3.63, 3.8) is 0 Å². The van der Waals surface area contributed by atoms with Crippen LogP contribution in [0.25, 0.3) is 0 Å². The van der Waals surface area contributed by atoms with E-state index < -0.39 is 0 Å². The van der Waals surface area contributed by atoms with E-state index in [1.54, 1.807) is 0 Å². The van der Waals surface area contributed by atoms with Crippen LogP contribution in [-0.4, -0.2) is 23.5 Å². The molecule has 2 aliphatic rings. The van der Waals surface area contributed by atoms with E-state index >= 15 is 0 Å². The average molecular weight is 220 g/mol. The lowest BCUT2D eigenvalue weighted by Gasteiger charge is -2.44. The van der Waals surface area contributed by atoms with E-state index in [0.29, 0.717) is 0 Å². The summed E-state index contributed by atoms with van der Waals surface area (Å²) in [6.45, 7) is 6.84. The van der Waals surface area contributed by atoms with Gasteiger partial charge in [0.15, 0.2) is 0 Å². The molecular weight excluding hydrogens is 196 g/mol. The zero-order valence-electron chi connectivity index (χ0n) is 10.8. The lowest BCUT2D eigenvalue weighted by atomic mass is 9.74. The van der Waals surface area contributed by atoms with Gasteiger partial charge in [-0.05, 0) is 50.6 Å². The first-order valence-electron chi connectivity index (χ1n) is 6.79. The highest BCUT2D eigenvalue weighted by Crippen LogP contribution is 2.49. The summed E-state index contributed by atoms with van der Waals surface area (Å²) in [5.74, 6) is 0. The molecule has 90 valence electrons. The molecule has 2 rings (SSSR count). The van der Waals surface area contributed by atoms with Crippen LogP contribution in [0.3, 0.4) is 0 Å². The third-order valence-electron chi connectivity index (χ3n) is 4.79. The van der Waals surface area contributed by atoms with Crippen molar-refractivity contribution in [1.29, 1.82) is 5.26 Å². The molecule has 1 heterocycles. The van der Waals surface area contributed by atoms with Gasteiger partial charge in [0.1, 0.15) is 5.54 Å². The van der Waals surface area contributed by atoms with Gasteiger partial charge in [0.05, 0.1) is 6.07 Å². The minimum Gasteiger partial charge on any atom is -0.285 e. The van der Waals surface area contributed by atoms with Crippen LogP contribution < -0.4 is 0 Å². The van der Waals surface area contributed by atoms with E-state index in [4.69, 9.17) is 0 Å². The van der Waals surface area contributed by atoms with Gasteiger partial charge in [0, 0.05) is 0 Å². The van der Waals surface area contributed by atoms with Crippen molar-refractivity contribution < 1.29 is 0 Å². The third kappa shape index (κ3) is 1.76. The number of hydrogen-bond donors (Lipinski definition) is 0. The lowest BCUT2D eigenvalue weighted by Crippen LogP contribution is -2.54. The predicted molar refractivity (Wildman–Crippen MR) is 66.0 cm³/mol. The van der Waals surface area contributed by atoms with Crippen molar-refractivity contribution in [2.24, 2.45) is 5.41 Å². The number of nitriles is 1. The van der Waals surface area contributed by atoms with E-state index in [9.17, 15) is 5.26 Å². The first-order chi connectivity index (χ1) is 7.62. The molecule has 16 heavy (non-hydrogen) atoms. The second-order valence-corrected chi connectivity index (χ2v) is 6.11. The summed E-state index contributed by atoms with van der Waals surface area (Å²) in [5, 5.41) is 9.70. The molecule has 1 saturated heterocycles. The summed E-state index contributed by atoms with van der Waals surface area (Å²) < 4.78 is 0. The molecule has 2 heteroatoms. The summed E-state index contributed by atoms with van der Waals surface area (Å²) in [4.78, 5) is 2.51. The first kappa shape index (κ1) is 11.9. The van der Waals surface area contributed by atoms with Crippen LogP contribution in [0.15, 0.2) is 0 Å². The molecule has 1 unspecified atom stereocenters. The molecule has 1 aliphatic carbocycles. The van der Waals surface area contributed by atoms with Gasteiger partial charge in [0.25, 0.3) is 0 Å². The predicted octanol–water partition coefficient (Wildman–Crippen LogP) is 3.33. The maximum Gasteiger partial charge on any atom is 0.114 e. The standard InChI is InChI=1S/C14H24N2/c1-13(2)8-7-9-14(13,12-15)16-10-5-3-4-6-11-16/h3-11H2,1-2H3. The van der Waals surface area contributed by atoms with Crippen LogP contribution >= 0.6 is 0 Å². The lowest BCUT2D eigenvalue weighted by molar-refractivity contribution is 0.0558. The SMILES string of the molecule is CC1(C)CCCC1(C#N)N1CCCCCC1. The quantitative estimate of drug-likeness (QED) is 0.677. The van der Waals surface area contributed by atoms with E-state index in [2.05, 4.69) is 24.8 Å². The Morgan fingerprint density at radius 3 is 2.00 bits per heavy atom. The van der Waals surface area contributed by atoms with Gasteiger partial charge < -0.3 is 0 Å². The zero-order chi connectivity index (χ0) is 11.6. The molecule has 2 fully saturated rings. The van der Waals surface area contributed by atoms with Crippen molar-refractivity contribution in [3.05, 3.63) is 0 Å². The normalized spacial score (nSPS) is 35.6. The molecule has 0 aromatic carbocycles. The minimum absolute atomic E-state index is 0.169. The fourth-order valence-electron chi connectivity index (χ4n) is 3.65. The molecular formula is C14H24N2. The topological polar surface area (TPSA) is 27.0 Å². The maximum absolute atomic E-state index is 9.70. The molecule has 0 spiro atoms. The number of nitrogens with zero attached hydrogens (tertiary/aromatic N) is 2. The number of hydrogen-bond acceptors (Lipinski definition) is 2. The molecule has 0 N–H and O–H groups in total. The molecule has 0 amide bonds. The van der Waals surface area contributed by atoms with Crippen LogP contribution in [0.5, 0.6) is 0 Å². The Balaban J connectivity index is 2.23. The van der Waals surface area contributed by atoms with Crippen LogP contribution in [0.1, 0.15) is 58.8 Å². The Morgan fingerprint density at radius 2 is 1.56 bits per heavy atom. The highest BCUT2D eigenvalue weighted by Gasteiger charge is 2.52. The highest BCUT2D eigenvalue weighted by atomic mass is 15.2. The average Bonchev–Trinajstić information content (AvgIpc) is 2.47. The van der Waals surface area contributed by atoms with Gasteiger partial charge in [0.2, 0.25) is 0 Å². The summed E-state index contributed by atoms with van der Waals surface area (Å²) in [5.41, 5.74) is 0.00340. The van der Waals surface area contributed by atoms with Gasteiger partial charge >= 0.3 is 0 Å². The van der Waals surface area contributed by atoms with Crippen LogP contribution in [0.4, 0.5) is 0 Å². The van der Waals surface area contributed by atoms with Crippen LogP contribution in [0, 0.1) is 16.7 Å². The van der Waals surface area contributed by atoms with E-state index in [1.807, 2.05) is 0 Å². The molecule has 0 bridgehead atoms. The van der Waals surface area contributed by atoms with Gasteiger partial charge in [-0.2, -0.15) is 5.26 Å². The minimum atomic E-state index is -0.169.